The number of methoxy groups -OCH3 is 1. The first kappa shape index (κ1) is 18.8. The van der Waals surface area contributed by atoms with Crippen LogP contribution in [0.3, 0.4) is 0 Å². The van der Waals surface area contributed by atoms with Crippen LogP contribution in [0, 0.1) is 6.92 Å². The first-order chi connectivity index (χ1) is 12.9. The van der Waals surface area contributed by atoms with Crippen LogP contribution in [0.15, 0.2) is 12.1 Å². The molecule has 0 aliphatic carbocycles. The number of amides is 2. The van der Waals surface area contributed by atoms with Crippen LogP contribution in [-0.4, -0.2) is 54.2 Å². The van der Waals surface area contributed by atoms with E-state index in [0.29, 0.717) is 12.6 Å². The average molecular weight is 372 g/mol. The van der Waals surface area contributed by atoms with E-state index in [1.165, 1.54) is 35.1 Å². The minimum absolute atomic E-state index is 0.141. The van der Waals surface area contributed by atoms with Gasteiger partial charge in [-0.3, -0.25) is 0 Å². The van der Waals surface area contributed by atoms with Gasteiger partial charge in [0.1, 0.15) is 0 Å². The standard InChI is InChI=1S/C22H33N3O2/c1-15-10-16-7-9-24(14-19(16)18(11-15)20-6-5-8-23-20)21(26)25-13-17(27-4)12-22(25,2)3/h10-11,17,20,23H,5-9,12-14H2,1-4H3/t17?,20-/m0/s1. The summed E-state index contributed by atoms with van der Waals surface area (Å²) in [5.41, 5.74) is 5.40. The van der Waals surface area contributed by atoms with Gasteiger partial charge in [0, 0.05) is 38.3 Å². The molecule has 0 spiro atoms. The van der Waals surface area contributed by atoms with Crippen LogP contribution >= 0.6 is 0 Å². The molecule has 5 nitrogen and oxygen atoms in total. The Kier molecular flexibility index (Phi) is 4.93. The van der Waals surface area contributed by atoms with E-state index in [0.717, 1.165) is 32.5 Å². The van der Waals surface area contributed by atoms with Crippen LogP contribution < -0.4 is 5.32 Å². The predicted molar refractivity (Wildman–Crippen MR) is 107 cm³/mol. The molecule has 1 aromatic carbocycles. The van der Waals surface area contributed by atoms with Crippen LogP contribution in [0.4, 0.5) is 4.79 Å². The SMILES string of the molecule is COC1CN(C(=O)N2CCc3cc(C)cc([C@@H]4CCCN4)c3C2)C(C)(C)C1. The van der Waals surface area contributed by atoms with E-state index >= 15 is 0 Å². The maximum atomic E-state index is 13.4. The summed E-state index contributed by atoms with van der Waals surface area (Å²) in [5.74, 6) is 0. The first-order valence-corrected chi connectivity index (χ1v) is 10.3. The minimum atomic E-state index is -0.152. The normalized spacial score (nSPS) is 27.1. The highest BCUT2D eigenvalue weighted by Gasteiger charge is 2.43. The molecule has 3 heterocycles. The van der Waals surface area contributed by atoms with Crippen molar-refractivity contribution in [2.75, 3.05) is 26.7 Å². The molecule has 27 heavy (non-hydrogen) atoms. The van der Waals surface area contributed by atoms with Crippen LogP contribution in [-0.2, 0) is 17.7 Å². The molecule has 1 aromatic rings. The maximum Gasteiger partial charge on any atom is 0.320 e. The zero-order chi connectivity index (χ0) is 19.2. The Morgan fingerprint density at radius 1 is 1.33 bits per heavy atom. The molecule has 1 unspecified atom stereocenters. The summed E-state index contributed by atoms with van der Waals surface area (Å²) >= 11 is 0. The Morgan fingerprint density at radius 2 is 2.15 bits per heavy atom. The first-order valence-electron chi connectivity index (χ1n) is 10.3. The lowest BCUT2D eigenvalue weighted by molar-refractivity contribution is 0.103. The van der Waals surface area contributed by atoms with Crippen molar-refractivity contribution in [1.82, 2.24) is 15.1 Å². The third-order valence-corrected chi connectivity index (χ3v) is 6.64. The molecule has 4 rings (SSSR count). The summed E-state index contributed by atoms with van der Waals surface area (Å²) in [6.45, 7) is 9.81. The summed E-state index contributed by atoms with van der Waals surface area (Å²) in [6, 6.07) is 5.25. The average Bonchev–Trinajstić information content (AvgIpc) is 3.27. The van der Waals surface area contributed by atoms with Gasteiger partial charge in [-0.15, -0.1) is 0 Å². The second-order valence-corrected chi connectivity index (χ2v) is 9.08. The number of hydrogen-bond acceptors (Lipinski definition) is 3. The second kappa shape index (κ2) is 7.10. The number of fused-ring (bicyclic) bond motifs is 1. The van der Waals surface area contributed by atoms with Crippen LogP contribution in [0.2, 0.25) is 0 Å². The van der Waals surface area contributed by atoms with E-state index in [2.05, 4.69) is 43.1 Å². The molecule has 2 amide bonds. The van der Waals surface area contributed by atoms with E-state index < -0.39 is 0 Å². The molecule has 2 saturated heterocycles. The number of carbonyl (C=O) groups excluding carboxylic acids is 1. The van der Waals surface area contributed by atoms with Gasteiger partial charge in [-0.25, -0.2) is 4.79 Å². The van der Waals surface area contributed by atoms with Crippen LogP contribution in [0.5, 0.6) is 0 Å². The number of nitrogens with zero attached hydrogens (tertiary/aromatic N) is 2. The Hall–Kier alpha value is -1.59. The molecule has 1 N–H and O–H groups in total. The fraction of sp³-hybridized carbons (Fsp3) is 0.682. The number of ether oxygens (including phenoxy) is 1. The number of benzene rings is 1. The fourth-order valence-corrected chi connectivity index (χ4v) is 5.14. The van der Waals surface area contributed by atoms with Crippen molar-refractivity contribution in [2.24, 2.45) is 0 Å². The second-order valence-electron chi connectivity index (χ2n) is 9.08. The van der Waals surface area contributed by atoms with Gasteiger partial charge in [-0.05, 0) is 69.7 Å². The van der Waals surface area contributed by atoms with E-state index in [1.54, 1.807) is 7.11 Å². The summed E-state index contributed by atoms with van der Waals surface area (Å²) in [5, 5.41) is 3.65. The smallest absolute Gasteiger partial charge is 0.320 e. The maximum absolute atomic E-state index is 13.4. The Bertz CT molecular complexity index is 725. The third kappa shape index (κ3) is 3.47. The number of nitrogens with one attached hydrogen (secondary N) is 1. The molecule has 2 atom stereocenters. The number of aryl methyl sites for hydroxylation is 1. The summed E-state index contributed by atoms with van der Waals surface area (Å²) in [6.07, 6.45) is 4.41. The van der Waals surface area contributed by atoms with Gasteiger partial charge in [0.05, 0.1) is 6.10 Å². The molecule has 0 aromatic heterocycles. The topological polar surface area (TPSA) is 44.8 Å². The van der Waals surface area contributed by atoms with Gasteiger partial charge in [-0.1, -0.05) is 17.7 Å². The van der Waals surface area contributed by atoms with Crippen LogP contribution in [0.25, 0.3) is 0 Å². The predicted octanol–water partition coefficient (Wildman–Crippen LogP) is 3.40. The molecule has 148 valence electrons. The zero-order valence-electron chi connectivity index (χ0n) is 17.2. The minimum Gasteiger partial charge on any atom is -0.380 e. The van der Waals surface area contributed by atoms with Crippen molar-refractivity contribution >= 4 is 6.03 Å². The van der Waals surface area contributed by atoms with Gasteiger partial charge in [0.15, 0.2) is 0 Å². The van der Waals surface area contributed by atoms with Crippen molar-refractivity contribution < 1.29 is 9.53 Å². The number of rotatable bonds is 2. The summed E-state index contributed by atoms with van der Waals surface area (Å²) in [4.78, 5) is 17.4. The summed E-state index contributed by atoms with van der Waals surface area (Å²) in [7, 11) is 1.75. The zero-order valence-corrected chi connectivity index (χ0v) is 17.2. The lowest BCUT2D eigenvalue weighted by Crippen LogP contribution is -2.51. The van der Waals surface area contributed by atoms with Crippen molar-refractivity contribution in [3.05, 3.63) is 34.4 Å². The summed E-state index contributed by atoms with van der Waals surface area (Å²) < 4.78 is 5.55. The van der Waals surface area contributed by atoms with E-state index in [1.807, 2.05) is 4.90 Å². The number of likely N-dealkylation sites (tertiary alicyclic amines) is 1. The lowest BCUT2D eigenvalue weighted by atomic mass is 9.89. The Morgan fingerprint density at radius 3 is 2.81 bits per heavy atom. The van der Waals surface area contributed by atoms with Crippen molar-refractivity contribution in [1.29, 1.82) is 0 Å². The molecule has 0 saturated carbocycles. The van der Waals surface area contributed by atoms with Gasteiger partial charge in [0.25, 0.3) is 0 Å². The largest absolute Gasteiger partial charge is 0.380 e. The van der Waals surface area contributed by atoms with Gasteiger partial charge in [-0.2, -0.15) is 0 Å². The quantitative estimate of drug-likeness (QED) is 0.867. The number of urea groups is 1. The van der Waals surface area contributed by atoms with Crippen molar-refractivity contribution in [3.8, 4) is 0 Å². The molecule has 5 heteroatoms. The van der Waals surface area contributed by atoms with Gasteiger partial charge in [0.2, 0.25) is 0 Å². The number of hydrogen-bond donors (Lipinski definition) is 1. The van der Waals surface area contributed by atoms with E-state index in [9.17, 15) is 4.79 Å². The molecule has 3 aliphatic heterocycles. The molecule has 0 radical (unpaired) electrons. The van der Waals surface area contributed by atoms with Crippen molar-refractivity contribution in [2.45, 2.75) is 70.7 Å². The Balaban J connectivity index is 1.58. The highest BCUT2D eigenvalue weighted by molar-refractivity contribution is 5.76. The van der Waals surface area contributed by atoms with Crippen LogP contribution in [0.1, 0.15) is 61.4 Å². The van der Waals surface area contributed by atoms with Crippen molar-refractivity contribution in [3.63, 3.8) is 0 Å². The molecular formula is C22H33N3O2. The number of carbonyl (C=O) groups is 1. The van der Waals surface area contributed by atoms with E-state index in [4.69, 9.17) is 4.74 Å². The highest BCUT2D eigenvalue weighted by atomic mass is 16.5. The molecule has 2 fully saturated rings. The fourth-order valence-electron chi connectivity index (χ4n) is 5.14. The highest BCUT2D eigenvalue weighted by Crippen LogP contribution is 2.35. The lowest BCUT2D eigenvalue weighted by Gasteiger charge is -2.39. The monoisotopic (exact) mass is 371 g/mol. The van der Waals surface area contributed by atoms with Gasteiger partial charge < -0.3 is 19.9 Å². The Labute approximate surface area is 163 Å². The molecular weight excluding hydrogens is 338 g/mol. The van der Waals surface area contributed by atoms with Gasteiger partial charge >= 0.3 is 6.03 Å². The molecule has 0 bridgehead atoms. The van der Waals surface area contributed by atoms with E-state index in [-0.39, 0.29) is 17.7 Å². The third-order valence-electron chi connectivity index (χ3n) is 6.64. The molecule has 3 aliphatic rings.